The molecule has 7 nitrogen and oxygen atoms in total. The summed E-state index contributed by atoms with van der Waals surface area (Å²) in [6, 6.07) is 23.2. The molecule has 1 N–H and O–H groups in total. The largest absolute Gasteiger partial charge is 0.496 e. The van der Waals surface area contributed by atoms with Gasteiger partial charge in [0.25, 0.3) is 0 Å². The van der Waals surface area contributed by atoms with Crippen LogP contribution < -0.4 is 14.2 Å². The normalized spacial score (nSPS) is 10.9. The van der Waals surface area contributed by atoms with Crippen molar-refractivity contribution in [3.8, 4) is 28.6 Å². The van der Waals surface area contributed by atoms with Crippen LogP contribution in [0.5, 0.6) is 17.2 Å². The van der Waals surface area contributed by atoms with Crippen molar-refractivity contribution < 1.29 is 14.2 Å². The number of para-hydroxylation sites is 1. The summed E-state index contributed by atoms with van der Waals surface area (Å²) in [5, 5.41) is 11.6. The average Bonchev–Trinajstić information content (AvgIpc) is 3.22. The maximum absolute atomic E-state index is 5.92. The van der Waals surface area contributed by atoms with Crippen LogP contribution in [0.2, 0.25) is 0 Å². The van der Waals surface area contributed by atoms with Gasteiger partial charge in [0.15, 0.2) is 17.3 Å². The van der Waals surface area contributed by atoms with Crippen molar-refractivity contribution in [1.29, 1.82) is 0 Å². The zero-order chi connectivity index (χ0) is 22.3. The molecular weight excluding hydrogens is 424 g/mol. The second-order valence-corrected chi connectivity index (χ2v) is 7.18. The maximum atomic E-state index is 5.92. The van der Waals surface area contributed by atoms with E-state index in [9.17, 15) is 0 Å². The molecule has 162 valence electrons. The van der Waals surface area contributed by atoms with E-state index in [4.69, 9.17) is 26.4 Å². The highest BCUT2D eigenvalue weighted by Gasteiger charge is 2.13. The average molecular weight is 447 g/mol. The number of H-pyrrole nitrogens is 1. The quantitative estimate of drug-likeness (QED) is 0.302. The minimum atomic E-state index is 0.372. The molecule has 3 aromatic carbocycles. The van der Waals surface area contributed by atoms with E-state index in [0.717, 1.165) is 16.7 Å². The molecule has 0 aliphatic rings. The third kappa shape index (κ3) is 4.70. The van der Waals surface area contributed by atoms with Gasteiger partial charge >= 0.3 is 0 Å². The number of ether oxygens (including phenoxy) is 3. The van der Waals surface area contributed by atoms with Gasteiger partial charge in [0.05, 0.1) is 26.0 Å². The lowest BCUT2D eigenvalue weighted by molar-refractivity contribution is 0.284. The fourth-order valence-electron chi connectivity index (χ4n) is 3.15. The first-order valence-corrected chi connectivity index (χ1v) is 10.3. The minimum Gasteiger partial charge on any atom is -0.496 e. The molecule has 0 unspecified atom stereocenters. The van der Waals surface area contributed by atoms with Gasteiger partial charge in [0.2, 0.25) is 4.77 Å². The van der Waals surface area contributed by atoms with Gasteiger partial charge in [0.1, 0.15) is 12.4 Å². The molecule has 4 rings (SSSR count). The van der Waals surface area contributed by atoms with E-state index in [1.807, 2.05) is 72.8 Å². The number of aromatic amines is 1. The lowest BCUT2D eigenvalue weighted by Gasteiger charge is -2.11. The molecule has 0 bridgehead atoms. The van der Waals surface area contributed by atoms with Gasteiger partial charge in [-0.05, 0) is 53.7 Å². The molecular formula is C24H22N4O3S. The summed E-state index contributed by atoms with van der Waals surface area (Å²) in [6.07, 6.45) is 1.69. The molecule has 0 aliphatic heterocycles. The first kappa shape index (κ1) is 21.3. The number of nitrogens with zero attached hydrogens (tertiary/aromatic N) is 3. The zero-order valence-corrected chi connectivity index (χ0v) is 18.5. The topological polar surface area (TPSA) is 73.7 Å². The molecule has 0 aliphatic carbocycles. The Kier molecular flexibility index (Phi) is 6.62. The molecule has 0 spiro atoms. The maximum Gasteiger partial charge on any atom is 0.216 e. The number of rotatable bonds is 8. The summed E-state index contributed by atoms with van der Waals surface area (Å²) < 4.78 is 18.8. The molecule has 8 heteroatoms. The Labute approximate surface area is 190 Å². The van der Waals surface area contributed by atoms with Crippen LogP contribution >= 0.6 is 12.2 Å². The standard InChI is InChI=1S/C24H22N4O3S/c1-29-20-11-7-6-10-19(20)23-26-27-24(32)28(23)25-15-18-12-13-21(22(14-18)30-2)31-16-17-8-4-3-5-9-17/h3-15H,16H2,1-2H3,(H,27,32). The lowest BCUT2D eigenvalue weighted by atomic mass is 10.2. The van der Waals surface area contributed by atoms with Gasteiger partial charge in [-0.15, -0.1) is 0 Å². The fraction of sp³-hybridized carbons (Fsp3) is 0.125. The van der Waals surface area contributed by atoms with Gasteiger partial charge < -0.3 is 14.2 Å². The smallest absolute Gasteiger partial charge is 0.216 e. The van der Waals surface area contributed by atoms with Crippen molar-refractivity contribution in [1.82, 2.24) is 14.9 Å². The van der Waals surface area contributed by atoms with Crippen molar-refractivity contribution >= 4 is 18.4 Å². The van der Waals surface area contributed by atoms with Crippen LogP contribution in [0.25, 0.3) is 11.4 Å². The van der Waals surface area contributed by atoms with E-state index in [1.165, 1.54) is 0 Å². The monoisotopic (exact) mass is 446 g/mol. The summed E-state index contributed by atoms with van der Waals surface area (Å²) in [7, 11) is 3.22. The van der Waals surface area contributed by atoms with Crippen molar-refractivity contribution in [2.45, 2.75) is 6.61 Å². The van der Waals surface area contributed by atoms with Gasteiger partial charge in [-0.2, -0.15) is 14.9 Å². The third-order valence-corrected chi connectivity index (χ3v) is 5.01. The molecule has 0 atom stereocenters. The van der Waals surface area contributed by atoms with Crippen molar-refractivity contribution in [3.05, 3.63) is 88.7 Å². The van der Waals surface area contributed by atoms with E-state index in [1.54, 1.807) is 25.1 Å². The number of hydrogen-bond acceptors (Lipinski definition) is 6. The van der Waals surface area contributed by atoms with E-state index < -0.39 is 0 Å². The molecule has 4 aromatic rings. The highest BCUT2D eigenvalue weighted by atomic mass is 32.1. The molecule has 0 saturated carbocycles. The van der Waals surface area contributed by atoms with Gasteiger partial charge in [-0.3, -0.25) is 0 Å². The summed E-state index contributed by atoms with van der Waals surface area (Å²) in [5.41, 5.74) is 2.68. The molecule has 0 radical (unpaired) electrons. The predicted octanol–water partition coefficient (Wildman–Crippen LogP) is 5.09. The van der Waals surface area contributed by atoms with E-state index in [-0.39, 0.29) is 0 Å². The Morgan fingerprint density at radius 2 is 1.69 bits per heavy atom. The van der Waals surface area contributed by atoms with E-state index in [2.05, 4.69) is 15.3 Å². The summed E-state index contributed by atoms with van der Waals surface area (Å²) in [6.45, 7) is 0.455. The summed E-state index contributed by atoms with van der Waals surface area (Å²) in [4.78, 5) is 0. The van der Waals surface area contributed by atoms with Crippen molar-refractivity contribution in [2.75, 3.05) is 14.2 Å². The first-order chi connectivity index (χ1) is 15.7. The number of methoxy groups -OCH3 is 2. The Balaban J connectivity index is 1.58. The highest BCUT2D eigenvalue weighted by Crippen LogP contribution is 2.29. The summed E-state index contributed by atoms with van der Waals surface area (Å²) >= 11 is 5.36. The molecule has 0 fully saturated rings. The first-order valence-electron chi connectivity index (χ1n) is 9.89. The third-order valence-electron chi connectivity index (χ3n) is 4.75. The Bertz CT molecular complexity index is 1280. The van der Waals surface area contributed by atoms with Crippen LogP contribution in [-0.4, -0.2) is 35.3 Å². The predicted molar refractivity (Wildman–Crippen MR) is 126 cm³/mol. The van der Waals surface area contributed by atoms with Crippen LogP contribution in [0.15, 0.2) is 77.9 Å². The number of nitrogens with one attached hydrogen (secondary N) is 1. The van der Waals surface area contributed by atoms with E-state index in [0.29, 0.717) is 34.5 Å². The number of benzene rings is 3. The molecule has 0 saturated heterocycles. The Morgan fingerprint density at radius 3 is 2.47 bits per heavy atom. The SMILES string of the molecule is COc1cc(C=Nn2c(-c3ccccc3OC)n[nH]c2=S)ccc1OCc1ccccc1. The van der Waals surface area contributed by atoms with Crippen molar-refractivity contribution in [3.63, 3.8) is 0 Å². The van der Waals surface area contributed by atoms with Crippen LogP contribution in [0.1, 0.15) is 11.1 Å². The lowest BCUT2D eigenvalue weighted by Crippen LogP contribution is -1.99. The van der Waals surface area contributed by atoms with Crippen LogP contribution in [-0.2, 0) is 6.61 Å². The van der Waals surface area contributed by atoms with Gasteiger partial charge in [0, 0.05) is 0 Å². The van der Waals surface area contributed by atoms with Gasteiger partial charge in [-0.1, -0.05) is 42.5 Å². The second-order valence-electron chi connectivity index (χ2n) is 6.79. The summed E-state index contributed by atoms with van der Waals surface area (Å²) in [5.74, 6) is 2.51. The highest BCUT2D eigenvalue weighted by molar-refractivity contribution is 7.71. The fourth-order valence-corrected chi connectivity index (χ4v) is 3.33. The Hall–Kier alpha value is -3.91. The van der Waals surface area contributed by atoms with Crippen LogP contribution in [0.3, 0.4) is 0 Å². The molecule has 1 aromatic heterocycles. The van der Waals surface area contributed by atoms with E-state index >= 15 is 0 Å². The van der Waals surface area contributed by atoms with Crippen LogP contribution in [0, 0.1) is 4.77 Å². The van der Waals surface area contributed by atoms with Crippen LogP contribution in [0.4, 0.5) is 0 Å². The minimum absolute atomic E-state index is 0.372. The second kappa shape index (κ2) is 9.93. The Morgan fingerprint density at radius 1 is 0.938 bits per heavy atom. The zero-order valence-electron chi connectivity index (χ0n) is 17.7. The number of aromatic nitrogens is 3. The molecule has 32 heavy (non-hydrogen) atoms. The van der Waals surface area contributed by atoms with Gasteiger partial charge in [-0.25, -0.2) is 5.10 Å². The number of hydrogen-bond donors (Lipinski definition) is 1. The molecule has 0 amide bonds. The molecule has 1 heterocycles. The van der Waals surface area contributed by atoms with Crippen molar-refractivity contribution in [2.24, 2.45) is 5.10 Å².